The summed E-state index contributed by atoms with van der Waals surface area (Å²) >= 11 is 7.46. The molecule has 0 unspecified atom stereocenters. The number of aliphatic imine (C=N–C) groups is 1. The first kappa shape index (κ1) is 28.0. The number of nitrogens with zero attached hydrogens (tertiary/aromatic N) is 1. The third-order valence-electron chi connectivity index (χ3n) is 5.81. The number of ether oxygens (including phenoxy) is 2. The van der Waals surface area contributed by atoms with Crippen LogP contribution in [-0.4, -0.2) is 28.8 Å². The number of amides is 1. The van der Waals surface area contributed by atoms with E-state index >= 15 is 0 Å². The first-order valence-electron chi connectivity index (χ1n) is 12.2. The fourth-order valence-corrected chi connectivity index (χ4v) is 4.86. The third-order valence-corrected chi connectivity index (χ3v) is 7.13. The number of carboxylic acid groups (broad SMARTS) is 1. The first-order valence-corrected chi connectivity index (χ1v) is 13.4. The highest BCUT2D eigenvalue weighted by molar-refractivity contribution is 8.18. The highest BCUT2D eigenvalue weighted by atomic mass is 35.5. The molecule has 200 valence electrons. The lowest BCUT2D eigenvalue weighted by molar-refractivity contribution is -0.115. The van der Waals surface area contributed by atoms with E-state index in [2.05, 4.69) is 16.9 Å². The number of benzene rings is 3. The predicted molar refractivity (Wildman–Crippen MR) is 156 cm³/mol. The monoisotopic (exact) mass is 562 g/mol. The third kappa shape index (κ3) is 6.90. The molecule has 1 fully saturated rings. The van der Waals surface area contributed by atoms with Crippen molar-refractivity contribution in [2.45, 2.75) is 26.9 Å². The molecule has 3 aromatic rings. The Morgan fingerprint density at radius 1 is 1.18 bits per heavy atom. The number of amidine groups is 1. The summed E-state index contributed by atoms with van der Waals surface area (Å²) in [6.45, 7) is 8.27. The second-order valence-corrected chi connectivity index (χ2v) is 10.0. The van der Waals surface area contributed by atoms with Gasteiger partial charge in [-0.1, -0.05) is 35.9 Å². The van der Waals surface area contributed by atoms with Crippen LogP contribution in [0.4, 0.5) is 5.69 Å². The van der Waals surface area contributed by atoms with E-state index in [1.54, 1.807) is 42.5 Å². The lowest BCUT2D eigenvalue weighted by atomic mass is 10.0. The fraction of sp³-hybridized carbons (Fsp3) is 0.167. The van der Waals surface area contributed by atoms with Crippen molar-refractivity contribution in [2.75, 3.05) is 6.61 Å². The molecule has 1 amide bonds. The van der Waals surface area contributed by atoms with E-state index in [-0.39, 0.29) is 18.1 Å². The van der Waals surface area contributed by atoms with Gasteiger partial charge in [-0.05, 0) is 91.2 Å². The Morgan fingerprint density at radius 2 is 1.95 bits per heavy atom. The van der Waals surface area contributed by atoms with Crippen LogP contribution in [0.15, 0.2) is 77.1 Å². The van der Waals surface area contributed by atoms with Gasteiger partial charge in [0.1, 0.15) is 6.61 Å². The zero-order valence-electron chi connectivity index (χ0n) is 21.5. The van der Waals surface area contributed by atoms with Gasteiger partial charge in [-0.2, -0.15) is 0 Å². The van der Waals surface area contributed by atoms with E-state index in [9.17, 15) is 9.59 Å². The van der Waals surface area contributed by atoms with Gasteiger partial charge in [-0.25, -0.2) is 9.79 Å². The molecular weight excluding hydrogens is 536 g/mol. The average molecular weight is 563 g/mol. The van der Waals surface area contributed by atoms with Crippen LogP contribution in [0, 0.1) is 6.92 Å². The van der Waals surface area contributed by atoms with E-state index < -0.39 is 5.97 Å². The number of allylic oxidation sites excluding steroid dienone is 1. The van der Waals surface area contributed by atoms with Gasteiger partial charge in [0.2, 0.25) is 0 Å². The van der Waals surface area contributed by atoms with Crippen LogP contribution >= 0.6 is 23.4 Å². The van der Waals surface area contributed by atoms with Gasteiger partial charge in [-0.3, -0.25) is 4.79 Å². The molecule has 9 heteroatoms. The Bertz CT molecular complexity index is 1480. The number of nitrogens with one attached hydrogen (secondary N) is 1. The summed E-state index contributed by atoms with van der Waals surface area (Å²) in [5.41, 5.74) is 4.17. The molecule has 0 saturated carbocycles. The second kappa shape index (κ2) is 12.7. The van der Waals surface area contributed by atoms with Crippen LogP contribution in [0.5, 0.6) is 11.5 Å². The molecule has 0 radical (unpaired) electrons. The summed E-state index contributed by atoms with van der Waals surface area (Å²) in [6, 6.07) is 15.7. The van der Waals surface area contributed by atoms with Gasteiger partial charge in [0, 0.05) is 10.6 Å². The highest BCUT2D eigenvalue weighted by Crippen LogP contribution is 2.37. The summed E-state index contributed by atoms with van der Waals surface area (Å²) in [6.07, 6.45) is 4.08. The Hall–Kier alpha value is -4.01. The smallest absolute Gasteiger partial charge is 0.335 e. The van der Waals surface area contributed by atoms with Gasteiger partial charge >= 0.3 is 5.97 Å². The number of hydrogen-bond donors (Lipinski definition) is 2. The van der Waals surface area contributed by atoms with Crippen molar-refractivity contribution in [3.63, 3.8) is 0 Å². The van der Waals surface area contributed by atoms with Gasteiger partial charge in [0.05, 0.1) is 22.8 Å². The molecule has 0 bridgehead atoms. The number of hydrogen-bond acceptors (Lipinski definition) is 6. The Balaban J connectivity index is 1.61. The number of carboxylic acids is 1. The van der Waals surface area contributed by atoms with Gasteiger partial charge in [0.25, 0.3) is 5.91 Å². The molecule has 0 aromatic heterocycles. The van der Waals surface area contributed by atoms with Crippen molar-refractivity contribution in [3.8, 4) is 11.5 Å². The topological polar surface area (TPSA) is 97.2 Å². The molecule has 1 heterocycles. The number of halogens is 1. The van der Waals surface area contributed by atoms with E-state index in [4.69, 9.17) is 26.2 Å². The molecule has 2 N–H and O–H groups in total. The minimum Gasteiger partial charge on any atom is -0.490 e. The first-order chi connectivity index (χ1) is 18.8. The van der Waals surface area contributed by atoms with Crippen LogP contribution < -0.4 is 14.8 Å². The fourth-order valence-electron chi connectivity index (χ4n) is 3.86. The summed E-state index contributed by atoms with van der Waals surface area (Å²) < 4.78 is 12.1. The molecule has 4 rings (SSSR count). The lowest BCUT2D eigenvalue weighted by Gasteiger charge is -2.17. The number of thioether (sulfide) groups is 1. The largest absolute Gasteiger partial charge is 0.490 e. The maximum atomic E-state index is 12.7. The van der Waals surface area contributed by atoms with Crippen LogP contribution in [0.25, 0.3) is 6.08 Å². The normalized spacial score (nSPS) is 14.9. The average Bonchev–Trinajstić information content (AvgIpc) is 3.25. The molecule has 39 heavy (non-hydrogen) atoms. The van der Waals surface area contributed by atoms with E-state index in [1.807, 2.05) is 38.1 Å². The van der Waals surface area contributed by atoms with E-state index in [0.29, 0.717) is 45.3 Å². The zero-order chi connectivity index (χ0) is 27.9. The Labute approximate surface area is 236 Å². The van der Waals surface area contributed by atoms with Crippen molar-refractivity contribution in [2.24, 2.45) is 4.99 Å². The predicted octanol–water partition coefficient (Wildman–Crippen LogP) is 6.94. The Kier molecular flexibility index (Phi) is 9.11. The van der Waals surface area contributed by atoms with Crippen LogP contribution in [0.3, 0.4) is 0 Å². The number of rotatable bonds is 10. The molecule has 1 aliphatic heterocycles. The number of carbonyl (C=O) groups is 2. The lowest BCUT2D eigenvalue weighted by Crippen LogP contribution is -2.19. The van der Waals surface area contributed by atoms with Crippen LogP contribution in [0.2, 0.25) is 5.02 Å². The SMILES string of the molecule is C=CCc1cc(/C=C2/SC(=Nc3cccc(Cl)c3C)NC2=O)cc(OCC)c1OCc1ccc(C(=O)O)cc1. The van der Waals surface area contributed by atoms with Gasteiger partial charge in [0.15, 0.2) is 16.7 Å². The molecule has 0 aliphatic carbocycles. The number of aromatic carboxylic acids is 1. The highest BCUT2D eigenvalue weighted by Gasteiger charge is 2.25. The summed E-state index contributed by atoms with van der Waals surface area (Å²) in [5, 5.41) is 13.0. The minimum absolute atomic E-state index is 0.211. The molecule has 1 saturated heterocycles. The van der Waals surface area contributed by atoms with E-state index in [0.717, 1.165) is 22.3 Å². The summed E-state index contributed by atoms with van der Waals surface area (Å²) in [5.74, 6) is -0.112. The molecule has 0 atom stereocenters. The summed E-state index contributed by atoms with van der Waals surface area (Å²) in [4.78, 5) is 28.9. The molecule has 3 aromatic carbocycles. The molecular formula is C30H27ClN2O5S. The van der Waals surface area contributed by atoms with E-state index in [1.165, 1.54) is 11.8 Å². The maximum absolute atomic E-state index is 12.7. The standard InChI is InChI=1S/C30H27ClN2O5S/c1-4-7-22-14-20(16-26-28(34)33-30(39-26)32-24-9-6-8-23(31)18(24)3)15-25(37-5-2)27(22)38-17-19-10-12-21(13-11-19)29(35)36/h4,6,8-16H,1,5,7,17H2,2-3H3,(H,35,36)(H,32,33,34)/b26-16+. The minimum atomic E-state index is -0.980. The molecule has 7 nitrogen and oxygen atoms in total. The zero-order valence-corrected chi connectivity index (χ0v) is 23.1. The van der Waals surface area contributed by atoms with Crippen molar-refractivity contribution in [1.29, 1.82) is 0 Å². The van der Waals surface area contributed by atoms with Crippen molar-refractivity contribution >= 4 is 52.2 Å². The van der Waals surface area contributed by atoms with Crippen molar-refractivity contribution < 1.29 is 24.2 Å². The van der Waals surface area contributed by atoms with Crippen molar-refractivity contribution in [1.82, 2.24) is 5.32 Å². The number of carbonyl (C=O) groups excluding carboxylic acids is 1. The second-order valence-electron chi connectivity index (χ2n) is 8.59. The van der Waals surface area contributed by atoms with Gasteiger partial charge in [-0.15, -0.1) is 6.58 Å². The van der Waals surface area contributed by atoms with Gasteiger partial charge < -0.3 is 19.9 Å². The Morgan fingerprint density at radius 3 is 2.64 bits per heavy atom. The van der Waals surface area contributed by atoms with Crippen LogP contribution in [0.1, 0.15) is 39.5 Å². The quantitative estimate of drug-likeness (QED) is 0.205. The molecule has 1 aliphatic rings. The molecule has 0 spiro atoms. The van der Waals surface area contributed by atoms with Crippen molar-refractivity contribution in [3.05, 3.63) is 105 Å². The summed E-state index contributed by atoms with van der Waals surface area (Å²) in [7, 11) is 0. The van der Waals surface area contributed by atoms with Crippen LogP contribution in [-0.2, 0) is 17.8 Å². The maximum Gasteiger partial charge on any atom is 0.335 e.